The average Bonchev–Trinajstić information content (AvgIpc) is 0.723. The van der Waals surface area contributed by atoms with Gasteiger partial charge in [-0.3, -0.25) is 111 Å². The highest BCUT2D eigenvalue weighted by Gasteiger charge is 2.35. The van der Waals surface area contributed by atoms with Gasteiger partial charge in [0.1, 0.15) is 38.8 Å². The van der Waals surface area contributed by atoms with Gasteiger partial charge in [0.15, 0.2) is 0 Å². The second-order valence-corrected chi connectivity index (χ2v) is 18.0. The number of rotatable bonds is 17. The summed E-state index contributed by atoms with van der Waals surface area (Å²) in [7, 11) is 0. The van der Waals surface area contributed by atoms with Crippen molar-refractivity contribution in [2.45, 2.75) is 0 Å². The van der Waals surface area contributed by atoms with E-state index in [0.29, 0.717) is 60.7 Å². The summed E-state index contributed by atoms with van der Waals surface area (Å²) in [6.45, 7) is 0. The van der Waals surface area contributed by atoms with E-state index in [1.807, 2.05) is 0 Å². The molecule has 3 heterocycles. The molecule has 0 bridgehead atoms. The SMILES string of the molecule is Nc1cc(-c2nc3c(nc2-c2ccc([N+](=O)[O-])c([N+](=O)[O-])c2)c2nc(-c4ccc([N+](=O)[O-])c([N+](=O)[O-])c4)c(-c4ccc([N+](=O)[O-])c([N+](=O)[O-])c4)nc2c2nc(-c4ccc([N+](=O)[O-])c([N+](=O)[O-])c4)c(-c4ccc([N+](=O)[O-])c([N+](=O)[O-])c4)nc32)ccc1[N+](=O)[O-]. The van der Waals surface area contributed by atoms with Crippen molar-refractivity contribution in [3.63, 3.8) is 0 Å². The van der Waals surface area contributed by atoms with Crippen LogP contribution in [0.15, 0.2) is 109 Å². The van der Waals surface area contributed by atoms with Gasteiger partial charge in [0.2, 0.25) is 0 Å². The van der Waals surface area contributed by atoms with Gasteiger partial charge in [-0.2, -0.15) is 0 Å². The number of aromatic nitrogens is 6. The van der Waals surface area contributed by atoms with Crippen molar-refractivity contribution in [1.82, 2.24) is 29.9 Å². The van der Waals surface area contributed by atoms with E-state index in [9.17, 15) is 111 Å². The van der Waals surface area contributed by atoms with Crippen LogP contribution < -0.4 is 5.73 Å². The Morgan fingerprint density at radius 2 is 0.364 bits per heavy atom. The molecule has 0 amide bonds. The lowest BCUT2D eigenvalue weighted by Crippen LogP contribution is -2.06. The Balaban J connectivity index is 1.50. The molecule has 0 aliphatic rings. The molecule has 0 atom stereocenters. The van der Waals surface area contributed by atoms with Crippen molar-refractivity contribution in [3.8, 4) is 67.5 Å². The molecule has 0 spiro atoms. The van der Waals surface area contributed by atoms with E-state index >= 15 is 0 Å². The third-order valence-electron chi connectivity index (χ3n) is 13.1. The first-order valence-electron chi connectivity index (χ1n) is 23.6. The number of anilines is 1. The van der Waals surface area contributed by atoms with E-state index < -0.39 is 212 Å². The maximum atomic E-state index is 12.5. The van der Waals surface area contributed by atoms with Gasteiger partial charge in [-0.05, 0) is 42.5 Å². The average molecular weight is 1200 g/mol. The van der Waals surface area contributed by atoms with Crippen LogP contribution in [0.2, 0.25) is 0 Å². The van der Waals surface area contributed by atoms with Gasteiger partial charge < -0.3 is 5.73 Å². The second kappa shape index (κ2) is 21.3. The quantitative estimate of drug-likeness (QED) is 0.0383. The summed E-state index contributed by atoms with van der Waals surface area (Å²) in [5.74, 6) is 0. The minimum Gasteiger partial charge on any atom is -0.393 e. The summed E-state index contributed by atoms with van der Waals surface area (Å²) in [4.78, 5) is 151. The third-order valence-corrected chi connectivity index (χ3v) is 13.1. The van der Waals surface area contributed by atoms with Crippen molar-refractivity contribution in [2.75, 3.05) is 5.73 Å². The van der Waals surface area contributed by atoms with Gasteiger partial charge in [-0.25, -0.2) is 29.9 Å². The molecule has 2 N–H and O–H groups in total. The molecule has 10 aromatic rings. The first kappa shape index (κ1) is 57.0. The minimum atomic E-state index is -1.19. The predicted molar refractivity (Wildman–Crippen MR) is 296 cm³/mol. The van der Waals surface area contributed by atoms with Crippen LogP contribution in [-0.2, 0) is 0 Å². The summed E-state index contributed by atoms with van der Waals surface area (Å²) in [5, 5.41) is 135. The molecule has 434 valence electrons. The van der Waals surface area contributed by atoms with Crippen LogP contribution in [0.5, 0.6) is 0 Å². The van der Waals surface area contributed by atoms with Crippen LogP contribution >= 0.6 is 0 Å². The van der Waals surface area contributed by atoms with E-state index in [1.54, 1.807) is 0 Å². The van der Waals surface area contributed by atoms with E-state index in [1.165, 1.54) is 0 Å². The molecule has 0 saturated carbocycles. The van der Waals surface area contributed by atoms with Gasteiger partial charge in [-0.15, -0.1) is 0 Å². The van der Waals surface area contributed by atoms with Crippen molar-refractivity contribution >= 4 is 101 Å². The smallest absolute Gasteiger partial charge is 0.346 e. The van der Waals surface area contributed by atoms with Gasteiger partial charge in [0, 0.05) is 100 Å². The number of nitrogens with zero attached hydrogens (tertiary/aromatic N) is 17. The number of benzene rings is 7. The predicted octanol–water partition coefficient (Wildman–Crippen LogP) is 10.1. The maximum absolute atomic E-state index is 12.5. The Morgan fingerprint density at radius 1 is 0.216 bits per heavy atom. The Bertz CT molecular complexity index is 4880. The highest BCUT2D eigenvalue weighted by atomic mass is 16.7. The highest BCUT2D eigenvalue weighted by Crippen LogP contribution is 2.46. The fourth-order valence-corrected chi connectivity index (χ4v) is 9.23. The van der Waals surface area contributed by atoms with Crippen LogP contribution in [0.25, 0.3) is 101 Å². The topological polar surface area (TPSA) is 578 Å². The molecular formula is C48H20N18O22. The molecule has 0 unspecified atom stereocenters. The number of nitro groups is 11. The minimum absolute atomic E-state index is 0.212. The molecule has 7 aromatic carbocycles. The summed E-state index contributed by atoms with van der Waals surface area (Å²) in [5.41, 5.74) is -15.9. The number of nitrogens with two attached hydrogens (primary N) is 1. The first-order chi connectivity index (χ1) is 41.6. The maximum Gasteiger partial charge on any atom is 0.346 e. The first-order valence-corrected chi connectivity index (χ1v) is 23.6. The lowest BCUT2D eigenvalue weighted by atomic mass is 9.99. The van der Waals surface area contributed by atoms with Crippen molar-refractivity contribution < 1.29 is 54.2 Å². The van der Waals surface area contributed by atoms with E-state index in [-0.39, 0.29) is 11.1 Å². The van der Waals surface area contributed by atoms with Gasteiger partial charge in [-0.1, -0.05) is 0 Å². The zero-order chi connectivity index (χ0) is 63.6. The standard InChI is InChI=1S/C48H20N18O22/c49-25-13-19(1-7-26(25)56(67)68)37-38(20-2-8-27(57(69)70)32(14-20)62(79)80)51-44-43(50-37)45-47(54-40(22-4-10-29(59(73)74)34(16-22)64(83)84)39(52-45)21-3-9-28(58(71)72)33(15-21)63(81)82)48-46(44)53-41(23-5-11-30(60(75)76)35(17-23)65(85)86)42(55-48)24-6-12-31(61(77)78)36(18-24)66(87)88/h1-18H,49H2. The monoisotopic (exact) mass is 1200 g/mol. The largest absolute Gasteiger partial charge is 0.393 e. The summed E-state index contributed by atoms with van der Waals surface area (Å²) in [6.07, 6.45) is 0. The van der Waals surface area contributed by atoms with Crippen LogP contribution in [0.3, 0.4) is 0 Å². The molecule has 40 nitrogen and oxygen atoms in total. The highest BCUT2D eigenvalue weighted by molar-refractivity contribution is 6.20. The van der Waals surface area contributed by atoms with Crippen molar-refractivity contribution in [3.05, 3.63) is 220 Å². The summed E-state index contributed by atoms with van der Waals surface area (Å²) >= 11 is 0. The molecule has 88 heavy (non-hydrogen) atoms. The molecule has 0 aliphatic carbocycles. The lowest BCUT2D eigenvalue weighted by molar-refractivity contribution is -0.422. The number of nitrogen functional groups attached to an aromatic ring is 1. The molecular weight excluding hydrogens is 1180 g/mol. The van der Waals surface area contributed by atoms with Gasteiger partial charge >= 0.3 is 56.9 Å². The Hall–Kier alpha value is -14.2. The molecule has 0 saturated heterocycles. The second-order valence-electron chi connectivity index (χ2n) is 18.0. The van der Waals surface area contributed by atoms with Crippen LogP contribution in [0.1, 0.15) is 0 Å². The zero-order valence-electron chi connectivity index (χ0n) is 42.6. The van der Waals surface area contributed by atoms with Gasteiger partial charge in [0.05, 0.1) is 88.3 Å². The van der Waals surface area contributed by atoms with Crippen molar-refractivity contribution in [2.24, 2.45) is 0 Å². The third kappa shape index (κ3) is 9.77. The molecule has 0 radical (unpaired) electrons. The van der Waals surface area contributed by atoms with Crippen molar-refractivity contribution in [1.29, 1.82) is 0 Å². The van der Waals surface area contributed by atoms with Crippen LogP contribution in [0, 0.1) is 111 Å². The fourth-order valence-electron chi connectivity index (χ4n) is 9.23. The molecule has 0 fully saturated rings. The van der Waals surface area contributed by atoms with Crippen LogP contribution in [0.4, 0.5) is 68.2 Å². The summed E-state index contributed by atoms with van der Waals surface area (Å²) in [6, 6.07) is 14.1. The molecule has 40 heteroatoms. The van der Waals surface area contributed by atoms with Gasteiger partial charge in [0.25, 0.3) is 5.69 Å². The normalized spacial score (nSPS) is 11.1. The number of hydrogen-bond acceptors (Lipinski definition) is 29. The van der Waals surface area contributed by atoms with E-state index in [2.05, 4.69) is 0 Å². The lowest BCUT2D eigenvalue weighted by Gasteiger charge is -2.17. The molecule has 3 aromatic heterocycles. The summed E-state index contributed by atoms with van der Waals surface area (Å²) < 4.78 is 0. The Labute approximate surface area is 478 Å². The Morgan fingerprint density at radius 3 is 0.511 bits per heavy atom. The van der Waals surface area contributed by atoms with E-state index in [0.717, 1.165) is 48.5 Å². The zero-order valence-corrected chi connectivity index (χ0v) is 42.6. The molecule has 10 rings (SSSR count). The number of nitro benzene ring substituents is 11. The number of hydrogen-bond donors (Lipinski definition) is 1. The number of fused-ring (bicyclic) bond motifs is 6. The van der Waals surface area contributed by atoms with E-state index in [4.69, 9.17) is 35.6 Å². The Kier molecular flexibility index (Phi) is 13.8. The molecule has 0 aliphatic heterocycles. The fraction of sp³-hybridized carbons (Fsp3) is 0. The van der Waals surface area contributed by atoms with Crippen LogP contribution in [-0.4, -0.2) is 84.1 Å².